The third-order valence-electron chi connectivity index (χ3n) is 7.24. The fraction of sp³-hybridized carbons (Fsp3) is 0.500. The van der Waals surface area contributed by atoms with Gasteiger partial charge >= 0.3 is 6.03 Å². The molecular weight excluding hydrogens is 430 g/mol. The second kappa shape index (κ2) is 8.60. The van der Waals surface area contributed by atoms with Crippen molar-refractivity contribution in [1.82, 2.24) is 14.9 Å². The fourth-order valence-corrected chi connectivity index (χ4v) is 6.32. The van der Waals surface area contributed by atoms with E-state index in [0.717, 1.165) is 43.3 Å². The van der Waals surface area contributed by atoms with Crippen molar-refractivity contribution < 1.29 is 4.79 Å². The van der Waals surface area contributed by atoms with Gasteiger partial charge in [-0.2, -0.15) is 0 Å². The van der Waals surface area contributed by atoms with E-state index in [9.17, 15) is 4.79 Å². The van der Waals surface area contributed by atoms with E-state index < -0.39 is 0 Å². The van der Waals surface area contributed by atoms with Gasteiger partial charge in [-0.15, -0.1) is 11.3 Å². The van der Waals surface area contributed by atoms with E-state index in [2.05, 4.69) is 29.3 Å². The molecule has 6 nitrogen and oxygen atoms in total. The van der Waals surface area contributed by atoms with Crippen LogP contribution < -0.4 is 10.2 Å². The number of piperazine rings is 1. The van der Waals surface area contributed by atoms with E-state index in [1.54, 1.807) is 0 Å². The third-order valence-corrected chi connectivity index (χ3v) is 8.42. The van der Waals surface area contributed by atoms with Gasteiger partial charge in [0.25, 0.3) is 0 Å². The van der Waals surface area contributed by atoms with E-state index in [1.165, 1.54) is 58.3 Å². The Morgan fingerprint density at radius 1 is 1.06 bits per heavy atom. The molecular formula is C26H31N5OS. The van der Waals surface area contributed by atoms with Crippen molar-refractivity contribution >= 4 is 39.1 Å². The maximum absolute atomic E-state index is 12.9. The van der Waals surface area contributed by atoms with E-state index in [4.69, 9.17) is 9.97 Å². The number of aromatic nitrogens is 2. The maximum Gasteiger partial charge on any atom is 0.321 e. The van der Waals surface area contributed by atoms with Crippen LogP contribution in [0.15, 0.2) is 24.3 Å². The number of benzene rings is 1. The molecule has 1 aliphatic heterocycles. The second-order valence-corrected chi connectivity index (χ2v) is 10.6. The van der Waals surface area contributed by atoms with Gasteiger partial charge in [-0.25, -0.2) is 14.8 Å². The lowest BCUT2D eigenvalue weighted by Crippen LogP contribution is -2.50. The van der Waals surface area contributed by atoms with Crippen LogP contribution in [0.25, 0.3) is 10.2 Å². The highest BCUT2D eigenvalue weighted by atomic mass is 32.1. The van der Waals surface area contributed by atoms with Crippen LogP contribution in [0.3, 0.4) is 0 Å². The molecule has 1 N–H and O–H groups in total. The number of urea groups is 1. The van der Waals surface area contributed by atoms with Gasteiger partial charge in [0.15, 0.2) is 0 Å². The summed E-state index contributed by atoms with van der Waals surface area (Å²) in [5.74, 6) is 2.70. The molecule has 2 aromatic heterocycles. The van der Waals surface area contributed by atoms with Crippen LogP contribution in [0.2, 0.25) is 0 Å². The summed E-state index contributed by atoms with van der Waals surface area (Å²) in [4.78, 5) is 30.0. The molecule has 3 aromatic rings. The van der Waals surface area contributed by atoms with Crippen LogP contribution in [0.1, 0.15) is 60.4 Å². The Morgan fingerprint density at radius 2 is 1.82 bits per heavy atom. The predicted octanol–water partition coefficient (Wildman–Crippen LogP) is 5.36. The molecule has 0 unspecified atom stereocenters. The van der Waals surface area contributed by atoms with Crippen LogP contribution in [0.5, 0.6) is 0 Å². The average Bonchev–Trinajstić information content (AvgIpc) is 3.64. The predicted molar refractivity (Wildman–Crippen MR) is 135 cm³/mol. The van der Waals surface area contributed by atoms with Crippen molar-refractivity contribution in [3.8, 4) is 0 Å². The van der Waals surface area contributed by atoms with Gasteiger partial charge in [-0.05, 0) is 68.2 Å². The summed E-state index contributed by atoms with van der Waals surface area (Å²) in [6.45, 7) is 5.16. The molecule has 1 saturated heterocycles. The number of hydrogen-bond acceptors (Lipinski definition) is 5. The summed E-state index contributed by atoms with van der Waals surface area (Å²) in [6, 6.07) is 8.12. The summed E-state index contributed by atoms with van der Waals surface area (Å²) in [5.41, 5.74) is 3.63. The van der Waals surface area contributed by atoms with Gasteiger partial charge in [-0.3, -0.25) is 0 Å². The zero-order valence-electron chi connectivity index (χ0n) is 19.3. The number of rotatable bonds is 4. The first kappa shape index (κ1) is 20.9. The molecule has 0 spiro atoms. The highest BCUT2D eigenvalue weighted by molar-refractivity contribution is 7.19. The van der Waals surface area contributed by atoms with Crippen LogP contribution in [0.4, 0.5) is 16.3 Å². The molecule has 3 heterocycles. The Kier molecular flexibility index (Phi) is 5.45. The van der Waals surface area contributed by atoms with Crippen molar-refractivity contribution in [3.05, 3.63) is 46.1 Å². The normalized spacial score (nSPS) is 18.5. The Labute approximate surface area is 199 Å². The summed E-state index contributed by atoms with van der Waals surface area (Å²) in [7, 11) is 0. The number of nitrogens with one attached hydrogen (secondary N) is 1. The Balaban J connectivity index is 1.21. The van der Waals surface area contributed by atoms with Crippen molar-refractivity contribution in [2.45, 2.75) is 57.8 Å². The summed E-state index contributed by atoms with van der Waals surface area (Å²) < 4.78 is 0. The molecule has 7 heteroatoms. The summed E-state index contributed by atoms with van der Waals surface area (Å²) >= 11 is 1.89. The van der Waals surface area contributed by atoms with Crippen LogP contribution in [-0.4, -0.2) is 47.1 Å². The van der Waals surface area contributed by atoms with Gasteiger partial charge in [0.05, 0.1) is 5.39 Å². The van der Waals surface area contributed by atoms with Crippen molar-refractivity contribution in [3.63, 3.8) is 0 Å². The molecule has 0 radical (unpaired) electrons. The number of aryl methyl sites for hydroxylation is 3. The molecule has 0 bridgehead atoms. The van der Waals surface area contributed by atoms with Crippen molar-refractivity contribution in [1.29, 1.82) is 0 Å². The number of anilines is 2. The number of carbonyl (C=O) groups is 1. The molecule has 2 fully saturated rings. The smallest absolute Gasteiger partial charge is 0.321 e. The minimum Gasteiger partial charge on any atom is -0.352 e. The Morgan fingerprint density at radius 3 is 2.55 bits per heavy atom. The average molecular weight is 462 g/mol. The molecule has 1 saturated carbocycles. The molecule has 0 atom stereocenters. The Bertz CT molecular complexity index is 1180. The fourth-order valence-electron chi connectivity index (χ4n) is 5.05. The van der Waals surface area contributed by atoms with Crippen LogP contribution in [0, 0.1) is 0 Å². The first-order chi connectivity index (χ1) is 16.2. The number of nitrogens with zero attached hydrogens (tertiary/aromatic N) is 4. The Hall–Kier alpha value is -2.67. The minimum atomic E-state index is -0.0154. The van der Waals surface area contributed by atoms with Gasteiger partial charge in [0.2, 0.25) is 0 Å². The first-order valence-corrected chi connectivity index (χ1v) is 13.2. The molecule has 172 valence electrons. The van der Waals surface area contributed by atoms with Gasteiger partial charge in [-0.1, -0.05) is 19.1 Å². The minimum absolute atomic E-state index is 0.0154. The molecule has 6 rings (SSSR count). The number of thiophene rings is 1. The lowest BCUT2D eigenvalue weighted by molar-refractivity contribution is 0.208. The highest BCUT2D eigenvalue weighted by Crippen LogP contribution is 2.44. The van der Waals surface area contributed by atoms with Gasteiger partial charge < -0.3 is 15.1 Å². The summed E-state index contributed by atoms with van der Waals surface area (Å²) in [5, 5.41) is 4.36. The zero-order chi connectivity index (χ0) is 22.4. The van der Waals surface area contributed by atoms with E-state index in [0.29, 0.717) is 19.0 Å². The lowest BCUT2D eigenvalue weighted by atomic mass is 9.97. The third kappa shape index (κ3) is 4.07. The topological polar surface area (TPSA) is 61.4 Å². The zero-order valence-corrected chi connectivity index (χ0v) is 20.1. The number of carbonyl (C=O) groups excluding carboxylic acids is 1. The summed E-state index contributed by atoms with van der Waals surface area (Å²) in [6.07, 6.45) is 8.30. The molecule has 1 aromatic carbocycles. The second-order valence-electron chi connectivity index (χ2n) is 9.53. The van der Waals surface area contributed by atoms with E-state index >= 15 is 0 Å². The highest BCUT2D eigenvalue weighted by Gasteiger charge is 2.32. The SMILES string of the molecule is CCc1ccc(NC(=O)N2CCN(c3nc(C4CC4)nc4sc5c(c34)CCCC5)CC2)cc1. The molecule has 2 aliphatic carbocycles. The number of fused-ring (bicyclic) bond motifs is 3. The number of hydrogen-bond donors (Lipinski definition) is 1. The maximum atomic E-state index is 12.9. The largest absolute Gasteiger partial charge is 0.352 e. The van der Waals surface area contributed by atoms with Crippen molar-refractivity contribution in [2.24, 2.45) is 0 Å². The molecule has 33 heavy (non-hydrogen) atoms. The number of amides is 2. The van der Waals surface area contributed by atoms with Gasteiger partial charge in [0.1, 0.15) is 16.5 Å². The van der Waals surface area contributed by atoms with E-state index in [1.807, 2.05) is 28.4 Å². The quantitative estimate of drug-likeness (QED) is 0.568. The monoisotopic (exact) mass is 461 g/mol. The van der Waals surface area contributed by atoms with Gasteiger partial charge in [0, 0.05) is 42.7 Å². The standard InChI is InChI=1S/C26H31N5OS/c1-2-17-7-11-19(12-8-17)27-26(32)31-15-13-30(14-16-31)24-22-20-5-3-4-6-21(20)33-25(22)29-23(28-24)18-9-10-18/h7-8,11-12,18H,2-6,9-10,13-16H2,1H3,(H,27,32). The van der Waals surface area contributed by atoms with E-state index in [-0.39, 0.29) is 6.03 Å². The van der Waals surface area contributed by atoms with Crippen LogP contribution >= 0.6 is 11.3 Å². The molecule has 2 amide bonds. The molecule has 3 aliphatic rings. The van der Waals surface area contributed by atoms with Crippen molar-refractivity contribution in [2.75, 3.05) is 36.4 Å². The van der Waals surface area contributed by atoms with Crippen LogP contribution in [-0.2, 0) is 19.3 Å². The first-order valence-electron chi connectivity index (χ1n) is 12.4. The lowest BCUT2D eigenvalue weighted by Gasteiger charge is -2.36.